The molecule has 3 aromatic rings. The Morgan fingerprint density at radius 1 is 1.22 bits per heavy atom. The molecule has 0 fully saturated rings. The molecule has 2 aromatic carbocycles. The predicted octanol–water partition coefficient (Wildman–Crippen LogP) is 4.91. The second kappa shape index (κ2) is 6.86. The lowest BCUT2D eigenvalue weighted by Gasteiger charge is -2.39. The van der Waals surface area contributed by atoms with Gasteiger partial charge in [0.15, 0.2) is 0 Å². The number of carboxylic acids is 1. The molecule has 1 unspecified atom stereocenters. The van der Waals surface area contributed by atoms with Gasteiger partial charge in [-0.15, -0.1) is 0 Å². The van der Waals surface area contributed by atoms with Gasteiger partial charge in [0.25, 0.3) is 0 Å². The smallest absolute Gasteiger partial charge is 0.306 e. The summed E-state index contributed by atoms with van der Waals surface area (Å²) in [6.07, 6.45) is 1.47. The average Bonchev–Trinajstić information content (AvgIpc) is 3.06. The van der Waals surface area contributed by atoms with Crippen LogP contribution in [0.1, 0.15) is 48.1 Å². The zero-order chi connectivity index (χ0) is 19.0. The molecule has 4 heteroatoms. The Kier molecular flexibility index (Phi) is 4.52. The normalized spacial score (nSPS) is 21.9. The number of hydrogen-bond donors (Lipinski definition) is 2. The van der Waals surface area contributed by atoms with Crippen LogP contribution in [0, 0.1) is 6.92 Å². The molecular weight excluding hydrogens is 338 g/mol. The summed E-state index contributed by atoms with van der Waals surface area (Å²) >= 11 is 0. The number of para-hydroxylation sites is 1. The van der Waals surface area contributed by atoms with Crippen molar-refractivity contribution in [2.45, 2.75) is 44.6 Å². The van der Waals surface area contributed by atoms with Gasteiger partial charge in [-0.05, 0) is 36.5 Å². The lowest BCUT2D eigenvalue weighted by molar-refractivity contribution is -0.149. The molecule has 2 N–H and O–H groups in total. The molecule has 0 amide bonds. The second-order valence-electron chi connectivity index (χ2n) is 7.53. The van der Waals surface area contributed by atoms with Crippen LogP contribution >= 0.6 is 0 Å². The van der Waals surface area contributed by atoms with Gasteiger partial charge in [-0.1, -0.05) is 55.5 Å². The van der Waals surface area contributed by atoms with E-state index >= 15 is 0 Å². The van der Waals surface area contributed by atoms with Gasteiger partial charge in [0.1, 0.15) is 5.60 Å². The number of aliphatic carboxylic acids is 1. The monoisotopic (exact) mass is 363 g/mol. The molecule has 140 valence electrons. The van der Waals surface area contributed by atoms with Crippen molar-refractivity contribution < 1.29 is 14.6 Å². The number of aryl methyl sites for hydroxylation is 1. The first kappa shape index (κ1) is 17.8. The molecule has 0 spiro atoms. The predicted molar refractivity (Wildman–Crippen MR) is 106 cm³/mol. The van der Waals surface area contributed by atoms with Gasteiger partial charge < -0.3 is 14.8 Å². The van der Waals surface area contributed by atoms with Crippen molar-refractivity contribution in [3.8, 4) is 0 Å². The zero-order valence-corrected chi connectivity index (χ0v) is 15.8. The number of fused-ring (bicyclic) bond motifs is 3. The molecule has 4 rings (SSSR count). The number of carboxylic acid groups (broad SMARTS) is 1. The van der Waals surface area contributed by atoms with Crippen LogP contribution in [0.2, 0.25) is 0 Å². The number of aromatic nitrogens is 1. The van der Waals surface area contributed by atoms with Crippen molar-refractivity contribution >= 4 is 16.9 Å². The van der Waals surface area contributed by atoms with E-state index in [0.717, 1.165) is 17.6 Å². The fourth-order valence-electron chi connectivity index (χ4n) is 4.43. The average molecular weight is 363 g/mol. The minimum Gasteiger partial charge on any atom is -0.481 e. The number of ether oxygens (including phenoxy) is 1. The molecule has 2 atom stereocenters. The summed E-state index contributed by atoms with van der Waals surface area (Å²) in [6.45, 7) is 4.62. The SMILES string of the molecule is CCC1(CC(=O)O)OC[C@H](Cc2ccccc2)c2c1[nH]c1c(C)cccc21. The quantitative estimate of drug-likeness (QED) is 0.677. The summed E-state index contributed by atoms with van der Waals surface area (Å²) in [5.41, 5.74) is 4.91. The molecule has 1 aliphatic rings. The first-order chi connectivity index (χ1) is 13.0. The molecule has 0 saturated heterocycles. The van der Waals surface area contributed by atoms with Crippen molar-refractivity contribution in [3.05, 3.63) is 70.9 Å². The van der Waals surface area contributed by atoms with E-state index in [1.165, 1.54) is 22.1 Å². The number of H-pyrrole nitrogens is 1. The lowest BCUT2D eigenvalue weighted by Crippen LogP contribution is -2.39. The van der Waals surface area contributed by atoms with Gasteiger partial charge in [0.05, 0.1) is 18.7 Å². The topological polar surface area (TPSA) is 62.3 Å². The number of benzene rings is 2. The zero-order valence-electron chi connectivity index (χ0n) is 15.8. The Hall–Kier alpha value is -2.59. The van der Waals surface area contributed by atoms with E-state index in [-0.39, 0.29) is 12.3 Å². The van der Waals surface area contributed by atoms with Crippen LogP contribution in [0.15, 0.2) is 48.5 Å². The highest BCUT2D eigenvalue weighted by atomic mass is 16.5. The minimum absolute atomic E-state index is 0.0274. The standard InChI is InChI=1S/C23H25NO3/c1-3-23(13-19(25)26)22-20(18-11-7-8-15(2)21(18)24-22)17(14-27-23)12-16-9-5-4-6-10-16/h4-11,17,24H,3,12-14H2,1-2H3,(H,25,26)/t17-,23?/m0/s1. The molecule has 0 saturated carbocycles. The molecule has 0 aliphatic carbocycles. The summed E-state index contributed by atoms with van der Waals surface area (Å²) in [5, 5.41) is 10.7. The van der Waals surface area contributed by atoms with E-state index in [2.05, 4.69) is 54.4 Å². The van der Waals surface area contributed by atoms with Gasteiger partial charge in [-0.3, -0.25) is 4.79 Å². The summed E-state index contributed by atoms with van der Waals surface area (Å²) in [4.78, 5) is 15.2. The van der Waals surface area contributed by atoms with Crippen LogP contribution in [0.25, 0.3) is 10.9 Å². The number of rotatable bonds is 5. The van der Waals surface area contributed by atoms with E-state index in [1.807, 2.05) is 13.0 Å². The fraction of sp³-hybridized carbons (Fsp3) is 0.348. The van der Waals surface area contributed by atoms with Crippen molar-refractivity contribution in [3.63, 3.8) is 0 Å². The summed E-state index contributed by atoms with van der Waals surface area (Å²) in [5.74, 6) is -0.633. The van der Waals surface area contributed by atoms with Crippen molar-refractivity contribution in [2.24, 2.45) is 0 Å². The van der Waals surface area contributed by atoms with Gasteiger partial charge >= 0.3 is 5.97 Å². The fourth-order valence-corrected chi connectivity index (χ4v) is 4.43. The summed E-state index contributed by atoms with van der Waals surface area (Å²) in [7, 11) is 0. The van der Waals surface area contributed by atoms with Crippen molar-refractivity contribution in [1.29, 1.82) is 0 Å². The first-order valence-electron chi connectivity index (χ1n) is 9.55. The van der Waals surface area contributed by atoms with Crippen LogP contribution in [0.5, 0.6) is 0 Å². The third-order valence-corrected chi connectivity index (χ3v) is 5.84. The van der Waals surface area contributed by atoms with Crippen LogP contribution < -0.4 is 0 Å². The molecule has 1 aromatic heterocycles. The van der Waals surface area contributed by atoms with Gasteiger partial charge in [0.2, 0.25) is 0 Å². The maximum absolute atomic E-state index is 11.6. The Balaban J connectivity index is 1.88. The maximum atomic E-state index is 11.6. The Labute approximate surface area is 159 Å². The largest absolute Gasteiger partial charge is 0.481 e. The molecule has 0 radical (unpaired) electrons. The Morgan fingerprint density at radius 3 is 2.70 bits per heavy atom. The number of carbonyl (C=O) groups is 1. The first-order valence-corrected chi connectivity index (χ1v) is 9.55. The second-order valence-corrected chi connectivity index (χ2v) is 7.53. The van der Waals surface area contributed by atoms with E-state index in [1.54, 1.807) is 0 Å². The van der Waals surface area contributed by atoms with Crippen LogP contribution in [-0.2, 0) is 21.6 Å². The Bertz CT molecular complexity index is 976. The highest BCUT2D eigenvalue weighted by Crippen LogP contribution is 2.46. The van der Waals surface area contributed by atoms with E-state index in [9.17, 15) is 9.90 Å². The molecule has 27 heavy (non-hydrogen) atoms. The number of aromatic amines is 1. The van der Waals surface area contributed by atoms with Crippen LogP contribution in [-0.4, -0.2) is 22.7 Å². The molecule has 1 aliphatic heterocycles. The number of nitrogens with one attached hydrogen (secondary N) is 1. The third kappa shape index (κ3) is 3.04. The van der Waals surface area contributed by atoms with Gasteiger partial charge in [0, 0.05) is 16.8 Å². The van der Waals surface area contributed by atoms with E-state index in [0.29, 0.717) is 13.0 Å². The number of hydrogen-bond acceptors (Lipinski definition) is 2. The molecule has 4 nitrogen and oxygen atoms in total. The highest BCUT2D eigenvalue weighted by molar-refractivity contribution is 5.88. The Morgan fingerprint density at radius 2 is 2.00 bits per heavy atom. The highest BCUT2D eigenvalue weighted by Gasteiger charge is 2.44. The van der Waals surface area contributed by atoms with Gasteiger partial charge in [-0.25, -0.2) is 0 Å². The van der Waals surface area contributed by atoms with Crippen LogP contribution in [0.4, 0.5) is 0 Å². The lowest BCUT2D eigenvalue weighted by atomic mass is 9.80. The van der Waals surface area contributed by atoms with Crippen molar-refractivity contribution in [1.82, 2.24) is 4.98 Å². The third-order valence-electron chi connectivity index (χ3n) is 5.84. The van der Waals surface area contributed by atoms with E-state index in [4.69, 9.17) is 4.74 Å². The minimum atomic E-state index is -0.834. The molecular formula is C23H25NO3. The molecule has 0 bridgehead atoms. The van der Waals surface area contributed by atoms with E-state index < -0.39 is 11.6 Å². The summed E-state index contributed by atoms with van der Waals surface area (Å²) in [6, 6.07) is 16.7. The maximum Gasteiger partial charge on any atom is 0.306 e. The summed E-state index contributed by atoms with van der Waals surface area (Å²) < 4.78 is 6.29. The van der Waals surface area contributed by atoms with Gasteiger partial charge in [-0.2, -0.15) is 0 Å². The van der Waals surface area contributed by atoms with Crippen molar-refractivity contribution in [2.75, 3.05) is 6.61 Å². The molecule has 2 heterocycles. The van der Waals surface area contributed by atoms with Crippen LogP contribution in [0.3, 0.4) is 0 Å².